The van der Waals surface area contributed by atoms with Crippen LogP contribution in [0.3, 0.4) is 0 Å². The van der Waals surface area contributed by atoms with Crippen LogP contribution in [0, 0.1) is 0 Å². The molecule has 1 aromatic carbocycles. The topological polar surface area (TPSA) is 92.4 Å². The SMILES string of the molecule is O=C(NC(Cc1cc(Cl)cc(Cl)c1)C(=O)O)c1cc(C2CC2)no1. The molecule has 1 saturated carbocycles. The number of halogens is 2. The summed E-state index contributed by atoms with van der Waals surface area (Å²) in [5, 5.41) is 16.4. The molecule has 0 spiro atoms. The van der Waals surface area contributed by atoms with E-state index in [1.54, 1.807) is 24.3 Å². The van der Waals surface area contributed by atoms with Gasteiger partial charge < -0.3 is 14.9 Å². The lowest BCUT2D eigenvalue weighted by Crippen LogP contribution is -2.42. The van der Waals surface area contributed by atoms with Crippen molar-refractivity contribution in [3.05, 3.63) is 51.3 Å². The highest BCUT2D eigenvalue weighted by Crippen LogP contribution is 2.39. The van der Waals surface area contributed by atoms with E-state index in [2.05, 4.69) is 10.5 Å². The molecule has 0 saturated heterocycles. The minimum Gasteiger partial charge on any atom is -0.480 e. The Morgan fingerprint density at radius 1 is 1.25 bits per heavy atom. The van der Waals surface area contributed by atoms with Crippen LogP contribution in [0.2, 0.25) is 10.0 Å². The molecule has 0 bridgehead atoms. The van der Waals surface area contributed by atoms with Gasteiger partial charge in [-0.25, -0.2) is 4.79 Å². The standard InChI is InChI=1S/C16H14Cl2N2O4/c17-10-3-8(4-11(18)6-10)5-13(16(22)23)19-15(21)14-7-12(20-24-14)9-1-2-9/h3-4,6-7,9,13H,1-2,5H2,(H,19,21)(H,22,23). The van der Waals surface area contributed by atoms with E-state index in [0.717, 1.165) is 18.5 Å². The van der Waals surface area contributed by atoms with E-state index < -0.39 is 17.9 Å². The summed E-state index contributed by atoms with van der Waals surface area (Å²) >= 11 is 11.8. The number of carbonyl (C=O) groups is 2. The van der Waals surface area contributed by atoms with Gasteiger partial charge in [-0.2, -0.15) is 0 Å². The number of hydrogen-bond acceptors (Lipinski definition) is 4. The first-order valence-electron chi connectivity index (χ1n) is 7.37. The van der Waals surface area contributed by atoms with Gasteiger partial charge in [0.2, 0.25) is 5.76 Å². The van der Waals surface area contributed by atoms with Gasteiger partial charge in [0.1, 0.15) is 6.04 Å². The van der Waals surface area contributed by atoms with Crippen molar-refractivity contribution in [2.24, 2.45) is 0 Å². The number of aliphatic carboxylic acids is 1. The number of rotatable bonds is 6. The van der Waals surface area contributed by atoms with Crippen LogP contribution in [-0.2, 0) is 11.2 Å². The summed E-state index contributed by atoms with van der Waals surface area (Å²) in [7, 11) is 0. The van der Waals surface area contributed by atoms with Crippen molar-refractivity contribution >= 4 is 35.1 Å². The van der Waals surface area contributed by atoms with Crippen molar-refractivity contribution in [2.75, 3.05) is 0 Å². The molecule has 1 unspecified atom stereocenters. The highest BCUT2D eigenvalue weighted by Gasteiger charge is 2.29. The zero-order valence-electron chi connectivity index (χ0n) is 12.5. The number of carboxylic acid groups (broad SMARTS) is 1. The molecule has 0 radical (unpaired) electrons. The van der Waals surface area contributed by atoms with Crippen LogP contribution in [0.25, 0.3) is 0 Å². The Balaban J connectivity index is 1.70. The molecule has 24 heavy (non-hydrogen) atoms. The fourth-order valence-corrected chi connectivity index (χ4v) is 2.93. The van der Waals surface area contributed by atoms with E-state index in [9.17, 15) is 14.7 Å². The summed E-state index contributed by atoms with van der Waals surface area (Å²) in [6.07, 6.45) is 2.10. The number of amides is 1. The Bertz CT molecular complexity index is 766. The number of carbonyl (C=O) groups excluding carboxylic acids is 1. The maximum absolute atomic E-state index is 12.2. The molecule has 1 heterocycles. The Labute approximate surface area is 147 Å². The largest absolute Gasteiger partial charge is 0.480 e. The molecule has 1 atom stereocenters. The lowest BCUT2D eigenvalue weighted by molar-refractivity contribution is -0.139. The maximum atomic E-state index is 12.2. The third kappa shape index (κ3) is 4.07. The highest BCUT2D eigenvalue weighted by molar-refractivity contribution is 6.34. The van der Waals surface area contributed by atoms with Gasteiger partial charge in [-0.05, 0) is 36.6 Å². The summed E-state index contributed by atoms with van der Waals surface area (Å²) in [4.78, 5) is 23.6. The van der Waals surface area contributed by atoms with Crippen LogP contribution < -0.4 is 5.32 Å². The van der Waals surface area contributed by atoms with Gasteiger partial charge >= 0.3 is 5.97 Å². The molecule has 0 aliphatic heterocycles. The fraction of sp³-hybridized carbons (Fsp3) is 0.312. The smallest absolute Gasteiger partial charge is 0.326 e. The monoisotopic (exact) mass is 368 g/mol. The number of nitrogens with zero attached hydrogens (tertiary/aromatic N) is 1. The molecule has 6 nitrogen and oxygen atoms in total. The number of carboxylic acids is 1. The minimum absolute atomic E-state index is 0.00674. The average molecular weight is 369 g/mol. The number of nitrogens with one attached hydrogen (secondary N) is 1. The Morgan fingerprint density at radius 2 is 1.92 bits per heavy atom. The summed E-state index contributed by atoms with van der Waals surface area (Å²) < 4.78 is 5.00. The molecule has 1 amide bonds. The van der Waals surface area contributed by atoms with Gasteiger partial charge in [0.15, 0.2) is 0 Å². The van der Waals surface area contributed by atoms with Crippen molar-refractivity contribution in [1.29, 1.82) is 0 Å². The third-order valence-corrected chi connectivity index (χ3v) is 4.15. The normalized spacial score (nSPS) is 15.1. The summed E-state index contributed by atoms with van der Waals surface area (Å²) in [6, 6.07) is 5.18. The maximum Gasteiger partial charge on any atom is 0.326 e. The molecule has 2 aromatic rings. The fourth-order valence-electron chi connectivity index (χ4n) is 2.36. The third-order valence-electron chi connectivity index (χ3n) is 3.71. The second kappa shape index (κ2) is 6.83. The second-order valence-electron chi connectivity index (χ2n) is 5.74. The quantitative estimate of drug-likeness (QED) is 0.815. The summed E-state index contributed by atoms with van der Waals surface area (Å²) in [5.41, 5.74) is 1.34. The molecule has 1 aromatic heterocycles. The molecule has 1 aliphatic rings. The van der Waals surface area contributed by atoms with E-state index in [0.29, 0.717) is 21.5 Å². The predicted octanol–water partition coefficient (Wildman–Crippen LogP) is 3.28. The zero-order valence-corrected chi connectivity index (χ0v) is 14.0. The number of benzene rings is 1. The molecule has 2 N–H and O–H groups in total. The van der Waals surface area contributed by atoms with E-state index >= 15 is 0 Å². The van der Waals surface area contributed by atoms with Crippen LogP contribution in [0.1, 0.15) is 40.6 Å². The van der Waals surface area contributed by atoms with Gasteiger partial charge in [0, 0.05) is 28.5 Å². The average Bonchev–Trinajstić information content (AvgIpc) is 3.22. The van der Waals surface area contributed by atoms with E-state index in [1.165, 1.54) is 0 Å². The van der Waals surface area contributed by atoms with E-state index in [1.807, 2.05) is 0 Å². The van der Waals surface area contributed by atoms with Crippen LogP contribution in [0.15, 0.2) is 28.8 Å². The van der Waals surface area contributed by atoms with Crippen molar-refractivity contribution < 1.29 is 19.2 Å². The van der Waals surface area contributed by atoms with Crippen LogP contribution in [-0.4, -0.2) is 28.2 Å². The summed E-state index contributed by atoms with van der Waals surface area (Å²) in [6.45, 7) is 0. The van der Waals surface area contributed by atoms with Gasteiger partial charge in [0.05, 0.1) is 5.69 Å². The van der Waals surface area contributed by atoms with Crippen molar-refractivity contribution in [3.8, 4) is 0 Å². The lowest BCUT2D eigenvalue weighted by Gasteiger charge is -2.14. The Morgan fingerprint density at radius 3 is 2.50 bits per heavy atom. The van der Waals surface area contributed by atoms with E-state index in [-0.39, 0.29) is 12.2 Å². The molecule has 8 heteroatoms. The Kier molecular flexibility index (Phi) is 4.78. The van der Waals surface area contributed by atoms with Crippen molar-refractivity contribution in [3.63, 3.8) is 0 Å². The Hall–Kier alpha value is -2.05. The predicted molar refractivity (Wildman–Crippen MR) is 87.5 cm³/mol. The first-order valence-corrected chi connectivity index (χ1v) is 8.13. The molecular weight excluding hydrogens is 355 g/mol. The van der Waals surface area contributed by atoms with E-state index in [4.69, 9.17) is 27.7 Å². The molecule has 1 aliphatic carbocycles. The van der Waals surface area contributed by atoms with Crippen LogP contribution in [0.4, 0.5) is 0 Å². The van der Waals surface area contributed by atoms with Gasteiger partial charge in [-0.3, -0.25) is 4.79 Å². The van der Waals surface area contributed by atoms with Crippen molar-refractivity contribution in [2.45, 2.75) is 31.2 Å². The summed E-state index contributed by atoms with van der Waals surface area (Å²) in [5.74, 6) is -1.43. The zero-order chi connectivity index (χ0) is 17.3. The van der Waals surface area contributed by atoms with Crippen LogP contribution in [0.5, 0.6) is 0 Å². The molecule has 126 valence electrons. The minimum atomic E-state index is -1.17. The van der Waals surface area contributed by atoms with Gasteiger partial charge in [-0.15, -0.1) is 0 Å². The second-order valence-corrected chi connectivity index (χ2v) is 6.61. The van der Waals surface area contributed by atoms with Crippen molar-refractivity contribution in [1.82, 2.24) is 10.5 Å². The molecule has 3 rings (SSSR count). The molecule has 1 fully saturated rings. The lowest BCUT2D eigenvalue weighted by atomic mass is 10.1. The highest BCUT2D eigenvalue weighted by atomic mass is 35.5. The van der Waals surface area contributed by atoms with Gasteiger partial charge in [0.25, 0.3) is 5.91 Å². The number of aromatic nitrogens is 1. The molecular formula is C16H14Cl2N2O4. The van der Waals surface area contributed by atoms with Gasteiger partial charge in [-0.1, -0.05) is 28.4 Å². The van der Waals surface area contributed by atoms with Crippen LogP contribution >= 0.6 is 23.2 Å². The number of hydrogen-bond donors (Lipinski definition) is 2. The first kappa shape index (κ1) is 16.8. The first-order chi connectivity index (χ1) is 11.4.